The standard InChI is InChI=1S/C15H13N3O2/c1-11-9-13-15(20)17(7-8-18(13)16-11)10-14(19)12-5-3-2-4-6-12/h2-9H,10H2,1H3. The number of rotatable bonds is 3. The second kappa shape index (κ2) is 4.77. The predicted molar refractivity (Wildman–Crippen MR) is 75.0 cm³/mol. The molecule has 0 fully saturated rings. The number of nitrogens with zero attached hydrogens (tertiary/aromatic N) is 3. The molecule has 0 amide bonds. The Labute approximate surface area is 115 Å². The maximum Gasteiger partial charge on any atom is 0.276 e. The smallest absolute Gasteiger partial charge is 0.276 e. The Morgan fingerprint density at radius 1 is 1.20 bits per heavy atom. The minimum Gasteiger partial charge on any atom is -0.304 e. The Hall–Kier alpha value is -2.69. The van der Waals surface area contributed by atoms with Gasteiger partial charge < -0.3 is 4.57 Å². The van der Waals surface area contributed by atoms with Crippen LogP contribution >= 0.6 is 0 Å². The highest BCUT2D eigenvalue weighted by Crippen LogP contribution is 2.03. The van der Waals surface area contributed by atoms with Gasteiger partial charge in [-0.3, -0.25) is 9.59 Å². The molecule has 1 aromatic carbocycles. The van der Waals surface area contributed by atoms with Crippen molar-refractivity contribution in [2.24, 2.45) is 0 Å². The van der Waals surface area contributed by atoms with Gasteiger partial charge in [0.1, 0.15) is 5.52 Å². The molecule has 5 nitrogen and oxygen atoms in total. The van der Waals surface area contributed by atoms with Gasteiger partial charge in [-0.2, -0.15) is 5.10 Å². The lowest BCUT2D eigenvalue weighted by atomic mass is 10.1. The number of benzene rings is 1. The monoisotopic (exact) mass is 267 g/mol. The van der Waals surface area contributed by atoms with Crippen molar-refractivity contribution < 1.29 is 4.79 Å². The van der Waals surface area contributed by atoms with Crippen LogP contribution in [-0.2, 0) is 6.54 Å². The van der Waals surface area contributed by atoms with E-state index in [4.69, 9.17) is 0 Å². The van der Waals surface area contributed by atoms with E-state index in [1.54, 1.807) is 42.7 Å². The van der Waals surface area contributed by atoms with Gasteiger partial charge in [-0.25, -0.2) is 4.52 Å². The highest BCUT2D eigenvalue weighted by atomic mass is 16.1. The average Bonchev–Trinajstić information content (AvgIpc) is 2.84. The molecule has 0 saturated heterocycles. The molecule has 5 heteroatoms. The van der Waals surface area contributed by atoms with Gasteiger partial charge in [-0.1, -0.05) is 30.3 Å². The molecule has 2 aromatic heterocycles. The zero-order valence-corrected chi connectivity index (χ0v) is 11.0. The molecule has 0 aliphatic carbocycles. The summed E-state index contributed by atoms with van der Waals surface area (Å²) in [6.07, 6.45) is 3.27. The number of hydrogen-bond acceptors (Lipinski definition) is 3. The lowest BCUT2D eigenvalue weighted by Crippen LogP contribution is -2.25. The number of hydrogen-bond donors (Lipinski definition) is 0. The van der Waals surface area contributed by atoms with Crippen LogP contribution in [0, 0.1) is 6.92 Å². The van der Waals surface area contributed by atoms with Gasteiger partial charge in [-0.05, 0) is 13.0 Å². The van der Waals surface area contributed by atoms with Crippen molar-refractivity contribution in [3.05, 3.63) is 70.4 Å². The second-order valence-corrected chi connectivity index (χ2v) is 4.64. The van der Waals surface area contributed by atoms with Crippen LogP contribution in [0.15, 0.2) is 53.6 Å². The fourth-order valence-corrected chi connectivity index (χ4v) is 2.14. The maximum atomic E-state index is 12.3. The second-order valence-electron chi connectivity index (χ2n) is 4.64. The largest absolute Gasteiger partial charge is 0.304 e. The van der Waals surface area contributed by atoms with Crippen LogP contribution in [0.1, 0.15) is 16.1 Å². The molecule has 0 saturated carbocycles. The Morgan fingerprint density at radius 2 is 1.95 bits per heavy atom. The van der Waals surface area contributed by atoms with Crippen molar-refractivity contribution in [3.8, 4) is 0 Å². The Balaban J connectivity index is 1.97. The SMILES string of the molecule is Cc1cc2c(=O)n(CC(=O)c3ccccc3)ccn2n1. The summed E-state index contributed by atoms with van der Waals surface area (Å²) in [6, 6.07) is 10.7. The van der Waals surface area contributed by atoms with Gasteiger partial charge in [0.05, 0.1) is 12.2 Å². The van der Waals surface area contributed by atoms with E-state index in [9.17, 15) is 9.59 Å². The van der Waals surface area contributed by atoms with Crippen molar-refractivity contribution in [2.75, 3.05) is 0 Å². The molecule has 0 radical (unpaired) electrons. The Morgan fingerprint density at radius 3 is 2.70 bits per heavy atom. The van der Waals surface area contributed by atoms with E-state index >= 15 is 0 Å². The molecular weight excluding hydrogens is 254 g/mol. The van der Waals surface area contributed by atoms with Crippen molar-refractivity contribution in [3.63, 3.8) is 0 Å². The molecule has 100 valence electrons. The summed E-state index contributed by atoms with van der Waals surface area (Å²) in [7, 11) is 0. The molecule has 0 aliphatic heterocycles. The fraction of sp³-hybridized carbons (Fsp3) is 0.133. The van der Waals surface area contributed by atoms with E-state index in [0.29, 0.717) is 11.1 Å². The van der Waals surface area contributed by atoms with Crippen LogP contribution in [0.25, 0.3) is 5.52 Å². The van der Waals surface area contributed by atoms with Crippen LogP contribution in [0.4, 0.5) is 0 Å². The summed E-state index contributed by atoms with van der Waals surface area (Å²) in [5, 5.41) is 4.17. The lowest BCUT2D eigenvalue weighted by Gasteiger charge is -2.05. The minimum atomic E-state index is -0.211. The minimum absolute atomic E-state index is 0.0313. The maximum absolute atomic E-state index is 12.3. The van der Waals surface area contributed by atoms with Crippen LogP contribution in [0.2, 0.25) is 0 Å². The van der Waals surface area contributed by atoms with Gasteiger partial charge >= 0.3 is 0 Å². The summed E-state index contributed by atoms with van der Waals surface area (Å²) >= 11 is 0. The molecule has 0 unspecified atom stereocenters. The fourth-order valence-electron chi connectivity index (χ4n) is 2.14. The predicted octanol–water partition coefficient (Wildman–Crippen LogP) is 1.69. The Kier molecular flexibility index (Phi) is 2.95. The van der Waals surface area contributed by atoms with E-state index < -0.39 is 0 Å². The van der Waals surface area contributed by atoms with E-state index in [0.717, 1.165) is 5.69 Å². The highest BCUT2D eigenvalue weighted by molar-refractivity contribution is 5.95. The van der Waals surface area contributed by atoms with Crippen molar-refractivity contribution >= 4 is 11.3 Å². The lowest BCUT2D eigenvalue weighted by molar-refractivity contribution is 0.0971. The third-order valence-electron chi connectivity index (χ3n) is 3.14. The van der Waals surface area contributed by atoms with Crippen molar-refractivity contribution in [1.29, 1.82) is 0 Å². The number of Topliss-reactive ketones (excluding diaryl/α,β-unsaturated/α-hetero) is 1. The van der Waals surface area contributed by atoms with E-state index in [2.05, 4.69) is 5.10 Å². The quantitative estimate of drug-likeness (QED) is 0.678. The average molecular weight is 267 g/mol. The third-order valence-corrected chi connectivity index (χ3v) is 3.14. The first-order valence-electron chi connectivity index (χ1n) is 6.29. The molecule has 20 heavy (non-hydrogen) atoms. The molecule has 0 aliphatic rings. The van der Waals surface area contributed by atoms with Crippen LogP contribution in [0.3, 0.4) is 0 Å². The molecule has 3 aromatic rings. The van der Waals surface area contributed by atoms with Gasteiger partial charge in [0, 0.05) is 18.0 Å². The number of ketones is 1. The van der Waals surface area contributed by atoms with E-state index in [1.165, 1.54) is 9.08 Å². The van der Waals surface area contributed by atoms with Gasteiger partial charge in [0.2, 0.25) is 0 Å². The summed E-state index contributed by atoms with van der Waals surface area (Å²) in [4.78, 5) is 24.4. The molecule has 0 spiro atoms. The van der Waals surface area contributed by atoms with Gasteiger partial charge in [-0.15, -0.1) is 0 Å². The van der Waals surface area contributed by atoms with E-state index in [-0.39, 0.29) is 17.9 Å². The van der Waals surface area contributed by atoms with Crippen molar-refractivity contribution in [2.45, 2.75) is 13.5 Å². The van der Waals surface area contributed by atoms with Crippen molar-refractivity contribution in [1.82, 2.24) is 14.2 Å². The first-order chi connectivity index (χ1) is 9.65. The normalized spacial score (nSPS) is 10.8. The number of carbonyl (C=O) groups is 1. The summed E-state index contributed by atoms with van der Waals surface area (Å²) < 4.78 is 2.94. The first-order valence-corrected chi connectivity index (χ1v) is 6.29. The molecule has 0 bridgehead atoms. The molecule has 2 heterocycles. The van der Waals surface area contributed by atoms with Crippen LogP contribution in [-0.4, -0.2) is 20.0 Å². The highest BCUT2D eigenvalue weighted by Gasteiger charge is 2.10. The van der Waals surface area contributed by atoms with Crippen LogP contribution < -0.4 is 5.56 Å². The zero-order chi connectivity index (χ0) is 14.1. The molecular formula is C15H13N3O2. The summed E-state index contributed by atoms with van der Waals surface area (Å²) in [5.41, 5.74) is 1.64. The summed E-state index contributed by atoms with van der Waals surface area (Å²) in [6.45, 7) is 1.86. The molecule has 3 rings (SSSR count). The number of carbonyl (C=O) groups excluding carboxylic acids is 1. The topological polar surface area (TPSA) is 56.4 Å². The Bertz CT molecular complexity index is 831. The number of aromatic nitrogens is 3. The van der Waals surface area contributed by atoms with Crippen LogP contribution in [0.5, 0.6) is 0 Å². The number of aryl methyl sites for hydroxylation is 1. The third kappa shape index (κ3) is 2.14. The summed E-state index contributed by atoms with van der Waals surface area (Å²) in [5.74, 6) is -0.0895. The van der Waals surface area contributed by atoms with E-state index in [1.807, 2.05) is 13.0 Å². The number of fused-ring (bicyclic) bond motifs is 1. The van der Waals surface area contributed by atoms with Gasteiger partial charge in [0.25, 0.3) is 5.56 Å². The van der Waals surface area contributed by atoms with Gasteiger partial charge in [0.15, 0.2) is 5.78 Å². The first kappa shape index (κ1) is 12.3. The zero-order valence-electron chi connectivity index (χ0n) is 11.0. The molecule has 0 atom stereocenters. The molecule has 0 N–H and O–H groups in total.